The van der Waals surface area contributed by atoms with Crippen LogP contribution in [0.15, 0.2) is 23.8 Å². The van der Waals surface area contributed by atoms with Gasteiger partial charge in [0.15, 0.2) is 11.5 Å². The van der Waals surface area contributed by atoms with Crippen molar-refractivity contribution in [1.82, 2.24) is 10.2 Å². The molecule has 0 spiro atoms. The van der Waals surface area contributed by atoms with Gasteiger partial charge in [-0.15, -0.1) is 0 Å². The van der Waals surface area contributed by atoms with E-state index in [1.54, 1.807) is 12.1 Å². The summed E-state index contributed by atoms with van der Waals surface area (Å²) in [7, 11) is 0. The smallest absolute Gasteiger partial charge is 0.261 e. The molecule has 7 nitrogen and oxygen atoms in total. The number of nitriles is 1. The molecule has 134 valence electrons. The third-order valence-corrected chi connectivity index (χ3v) is 3.78. The summed E-state index contributed by atoms with van der Waals surface area (Å²) in [4.78, 5) is 14.4. The van der Waals surface area contributed by atoms with Crippen molar-refractivity contribution in [3.8, 4) is 17.6 Å². The molecular weight excluding hydrogens is 322 g/mol. The van der Waals surface area contributed by atoms with E-state index >= 15 is 0 Å². The molecule has 0 unspecified atom stereocenters. The molecule has 1 fully saturated rings. The maximum Gasteiger partial charge on any atom is 0.261 e. The van der Waals surface area contributed by atoms with Gasteiger partial charge in [0.05, 0.1) is 19.8 Å². The van der Waals surface area contributed by atoms with Gasteiger partial charge < -0.3 is 19.9 Å². The first-order chi connectivity index (χ1) is 12.1. The Morgan fingerprint density at radius 1 is 1.48 bits per heavy atom. The molecule has 2 rings (SSSR count). The molecule has 1 aliphatic rings. The molecule has 0 atom stereocenters. The first-order valence-corrected chi connectivity index (χ1v) is 8.30. The van der Waals surface area contributed by atoms with Crippen molar-refractivity contribution in [2.45, 2.75) is 6.92 Å². The number of nitrogens with one attached hydrogen (secondary N) is 1. The SMILES string of the molecule is CCOc1cc(/C=C(\C#N)C(=O)NCCN2CCOCC2)ccc1O. The fraction of sp³-hybridized carbons (Fsp3) is 0.444. The molecule has 0 radical (unpaired) electrons. The van der Waals surface area contributed by atoms with Crippen LogP contribution < -0.4 is 10.1 Å². The summed E-state index contributed by atoms with van der Waals surface area (Å²) in [5.74, 6) is -0.0736. The van der Waals surface area contributed by atoms with Crippen LogP contribution in [0.25, 0.3) is 6.08 Å². The minimum Gasteiger partial charge on any atom is -0.504 e. The molecule has 25 heavy (non-hydrogen) atoms. The summed E-state index contributed by atoms with van der Waals surface area (Å²) in [6.07, 6.45) is 1.48. The molecule has 1 aromatic rings. The van der Waals surface area contributed by atoms with Crippen LogP contribution in [0.3, 0.4) is 0 Å². The maximum atomic E-state index is 12.2. The number of hydrogen-bond donors (Lipinski definition) is 2. The average molecular weight is 345 g/mol. The molecule has 1 saturated heterocycles. The largest absolute Gasteiger partial charge is 0.504 e. The van der Waals surface area contributed by atoms with Crippen molar-refractivity contribution in [1.29, 1.82) is 5.26 Å². The standard InChI is InChI=1S/C18H23N3O4/c1-2-25-17-12-14(3-4-16(17)22)11-15(13-19)18(23)20-5-6-21-7-9-24-10-8-21/h3-4,11-12,22H,2,5-10H2,1H3,(H,20,23)/b15-11+. The van der Waals surface area contributed by atoms with Crippen LogP contribution in [0.2, 0.25) is 0 Å². The number of phenols is 1. The second-order valence-corrected chi connectivity index (χ2v) is 5.54. The minimum atomic E-state index is -0.415. The van der Waals surface area contributed by atoms with Gasteiger partial charge in [-0.2, -0.15) is 5.26 Å². The molecule has 1 aliphatic heterocycles. The Bertz CT molecular complexity index is 661. The number of phenolic OH excluding ortho intramolecular Hbond substituents is 1. The Labute approximate surface area is 147 Å². The average Bonchev–Trinajstić information content (AvgIpc) is 2.63. The van der Waals surface area contributed by atoms with Crippen LogP contribution in [-0.4, -0.2) is 61.9 Å². The minimum absolute atomic E-state index is 0.00937. The van der Waals surface area contributed by atoms with Gasteiger partial charge >= 0.3 is 0 Å². The zero-order chi connectivity index (χ0) is 18.1. The number of rotatable bonds is 7. The molecule has 1 amide bonds. The number of nitrogens with zero attached hydrogens (tertiary/aromatic N) is 2. The lowest BCUT2D eigenvalue weighted by atomic mass is 10.1. The third kappa shape index (κ3) is 5.78. The highest BCUT2D eigenvalue weighted by Crippen LogP contribution is 2.27. The summed E-state index contributed by atoms with van der Waals surface area (Å²) >= 11 is 0. The van der Waals surface area contributed by atoms with Crippen molar-refractivity contribution in [3.05, 3.63) is 29.3 Å². The van der Waals surface area contributed by atoms with E-state index in [1.807, 2.05) is 13.0 Å². The molecule has 0 saturated carbocycles. The highest BCUT2D eigenvalue weighted by Gasteiger charge is 2.12. The second kappa shape index (κ2) is 9.67. The monoisotopic (exact) mass is 345 g/mol. The van der Waals surface area contributed by atoms with Crippen LogP contribution >= 0.6 is 0 Å². The van der Waals surface area contributed by atoms with E-state index in [0.717, 1.165) is 19.6 Å². The maximum absolute atomic E-state index is 12.2. The predicted molar refractivity (Wildman–Crippen MR) is 93.1 cm³/mol. The molecule has 2 N–H and O–H groups in total. The van der Waals surface area contributed by atoms with Crippen molar-refractivity contribution < 1.29 is 19.4 Å². The van der Waals surface area contributed by atoms with Gasteiger partial charge in [-0.05, 0) is 30.7 Å². The Hall–Kier alpha value is -2.56. The van der Waals surface area contributed by atoms with Gasteiger partial charge in [-0.3, -0.25) is 9.69 Å². The summed E-state index contributed by atoms with van der Waals surface area (Å²) in [5.41, 5.74) is 0.622. The van der Waals surface area contributed by atoms with Crippen molar-refractivity contribution in [2.24, 2.45) is 0 Å². The molecule has 0 aromatic heterocycles. The highest BCUT2D eigenvalue weighted by atomic mass is 16.5. The number of benzene rings is 1. The summed E-state index contributed by atoms with van der Waals surface area (Å²) < 4.78 is 10.6. The number of carbonyl (C=O) groups excluding carboxylic acids is 1. The quantitative estimate of drug-likeness (QED) is 0.569. The lowest BCUT2D eigenvalue weighted by molar-refractivity contribution is -0.117. The van der Waals surface area contributed by atoms with E-state index in [0.29, 0.717) is 37.7 Å². The van der Waals surface area contributed by atoms with Crippen LogP contribution in [0.5, 0.6) is 11.5 Å². The Morgan fingerprint density at radius 2 is 2.24 bits per heavy atom. The Kier molecular flexibility index (Phi) is 7.26. The number of aromatic hydroxyl groups is 1. The Morgan fingerprint density at radius 3 is 2.92 bits per heavy atom. The van der Waals surface area contributed by atoms with Crippen LogP contribution in [0, 0.1) is 11.3 Å². The lowest BCUT2D eigenvalue weighted by Crippen LogP contribution is -2.41. The topological polar surface area (TPSA) is 94.8 Å². The summed E-state index contributed by atoms with van der Waals surface area (Å²) in [6.45, 7) is 6.53. The summed E-state index contributed by atoms with van der Waals surface area (Å²) in [6, 6.07) is 6.61. The van der Waals surface area contributed by atoms with Crippen LogP contribution in [0.4, 0.5) is 0 Å². The van der Waals surface area contributed by atoms with E-state index in [2.05, 4.69) is 10.2 Å². The molecule has 7 heteroatoms. The molecule has 0 bridgehead atoms. The number of carbonyl (C=O) groups is 1. The van der Waals surface area contributed by atoms with Gasteiger partial charge in [0.1, 0.15) is 11.6 Å². The number of morpholine rings is 1. The molecular formula is C18H23N3O4. The van der Waals surface area contributed by atoms with Gasteiger partial charge in [-0.1, -0.05) is 6.07 Å². The van der Waals surface area contributed by atoms with Crippen LogP contribution in [-0.2, 0) is 9.53 Å². The second-order valence-electron chi connectivity index (χ2n) is 5.54. The number of ether oxygens (including phenoxy) is 2. The first kappa shape index (κ1) is 18.8. The van der Waals surface area contributed by atoms with Crippen LogP contribution in [0.1, 0.15) is 12.5 Å². The van der Waals surface area contributed by atoms with Gasteiger partial charge in [0.25, 0.3) is 5.91 Å². The fourth-order valence-electron chi connectivity index (χ4n) is 2.45. The lowest BCUT2D eigenvalue weighted by Gasteiger charge is -2.26. The molecule has 1 aromatic carbocycles. The molecule has 0 aliphatic carbocycles. The number of amides is 1. The van der Waals surface area contributed by atoms with Gasteiger partial charge in [0, 0.05) is 26.2 Å². The van der Waals surface area contributed by atoms with E-state index in [4.69, 9.17) is 9.47 Å². The van der Waals surface area contributed by atoms with Gasteiger partial charge in [-0.25, -0.2) is 0 Å². The van der Waals surface area contributed by atoms with Gasteiger partial charge in [0.2, 0.25) is 0 Å². The first-order valence-electron chi connectivity index (χ1n) is 8.30. The normalized spacial score (nSPS) is 15.4. The fourth-order valence-corrected chi connectivity index (χ4v) is 2.45. The number of hydrogen-bond acceptors (Lipinski definition) is 6. The van der Waals surface area contributed by atoms with E-state index in [1.165, 1.54) is 12.1 Å². The molecule has 1 heterocycles. The van der Waals surface area contributed by atoms with E-state index < -0.39 is 5.91 Å². The zero-order valence-corrected chi connectivity index (χ0v) is 14.3. The van der Waals surface area contributed by atoms with Crippen molar-refractivity contribution >= 4 is 12.0 Å². The predicted octanol–water partition coefficient (Wildman–Crippen LogP) is 1.15. The Balaban J connectivity index is 1.95. The highest BCUT2D eigenvalue weighted by molar-refractivity contribution is 6.01. The zero-order valence-electron chi connectivity index (χ0n) is 14.3. The summed E-state index contributed by atoms with van der Waals surface area (Å²) in [5, 5.41) is 21.7. The van der Waals surface area contributed by atoms with Crippen molar-refractivity contribution in [3.63, 3.8) is 0 Å². The van der Waals surface area contributed by atoms with E-state index in [-0.39, 0.29) is 11.3 Å². The van der Waals surface area contributed by atoms with Crippen molar-refractivity contribution in [2.75, 3.05) is 46.0 Å². The third-order valence-electron chi connectivity index (χ3n) is 3.78. The van der Waals surface area contributed by atoms with E-state index in [9.17, 15) is 15.2 Å².